The molecule has 0 radical (unpaired) electrons. The number of ether oxygens (including phenoxy) is 1. The molecule has 2 amide bonds. The maximum absolute atomic E-state index is 14.5. The van der Waals surface area contributed by atoms with Gasteiger partial charge >= 0.3 is 6.18 Å². The van der Waals surface area contributed by atoms with Crippen molar-refractivity contribution in [3.05, 3.63) is 122 Å². The molecule has 14 heteroatoms. The number of methoxy groups -OCH3 is 1. The second kappa shape index (κ2) is 11.1. The van der Waals surface area contributed by atoms with E-state index in [1.54, 1.807) is 24.3 Å². The summed E-state index contributed by atoms with van der Waals surface area (Å²) in [6, 6.07) is 10.7. The monoisotopic (exact) mass is 637 g/mol. The quantitative estimate of drug-likeness (QED) is 0.179. The van der Waals surface area contributed by atoms with Gasteiger partial charge in [-0.15, -0.1) is 0 Å². The third kappa shape index (κ3) is 5.49. The SMILES string of the molecule is COc1ccc(CN2C(=O)c3c(Cl)ncc(NC(=O)c4cc(F)cc(C(F)(F)F)c4)c3C2(O)c2cc(F)ccc2Cl)cc1. The van der Waals surface area contributed by atoms with Crippen molar-refractivity contribution in [2.75, 3.05) is 12.4 Å². The van der Waals surface area contributed by atoms with Gasteiger partial charge in [-0.2, -0.15) is 13.2 Å². The molecule has 5 rings (SSSR count). The van der Waals surface area contributed by atoms with E-state index in [1.165, 1.54) is 7.11 Å². The molecule has 43 heavy (non-hydrogen) atoms. The van der Waals surface area contributed by atoms with Gasteiger partial charge in [-0.3, -0.25) is 14.5 Å². The molecule has 3 aromatic carbocycles. The summed E-state index contributed by atoms with van der Waals surface area (Å²) in [6.07, 6.45) is -4.01. The van der Waals surface area contributed by atoms with Crippen LogP contribution in [-0.2, 0) is 18.4 Å². The molecular weight excluding hydrogens is 620 g/mol. The molecular formula is C29H18Cl2F5N3O4. The number of nitrogens with zero attached hydrogens (tertiary/aromatic N) is 2. The van der Waals surface area contributed by atoms with E-state index in [2.05, 4.69) is 10.3 Å². The maximum atomic E-state index is 14.5. The zero-order valence-corrected chi connectivity index (χ0v) is 23.3. The highest BCUT2D eigenvalue weighted by Crippen LogP contribution is 2.50. The number of alkyl halides is 3. The van der Waals surface area contributed by atoms with Crippen LogP contribution in [0.4, 0.5) is 27.6 Å². The molecule has 4 aromatic rings. The zero-order chi connectivity index (χ0) is 31.3. The van der Waals surface area contributed by atoms with Crippen molar-refractivity contribution >= 4 is 40.7 Å². The van der Waals surface area contributed by atoms with E-state index in [9.17, 15) is 36.6 Å². The average molecular weight is 638 g/mol. The minimum Gasteiger partial charge on any atom is -0.497 e. The summed E-state index contributed by atoms with van der Waals surface area (Å²) < 4.78 is 73.6. The van der Waals surface area contributed by atoms with Crippen LogP contribution in [0.15, 0.2) is 66.9 Å². The van der Waals surface area contributed by atoms with Gasteiger partial charge < -0.3 is 15.2 Å². The van der Waals surface area contributed by atoms with Crippen LogP contribution in [0.1, 0.15) is 43.0 Å². The van der Waals surface area contributed by atoms with Gasteiger partial charge in [0.1, 0.15) is 22.5 Å². The van der Waals surface area contributed by atoms with Crippen LogP contribution in [-0.4, -0.2) is 33.9 Å². The molecule has 1 aromatic heterocycles. The van der Waals surface area contributed by atoms with Crippen LogP contribution in [0.2, 0.25) is 10.2 Å². The van der Waals surface area contributed by atoms with Gasteiger partial charge in [-0.25, -0.2) is 13.8 Å². The van der Waals surface area contributed by atoms with Crippen LogP contribution in [0, 0.1) is 11.6 Å². The molecule has 0 bridgehead atoms. The molecule has 222 valence electrons. The summed E-state index contributed by atoms with van der Waals surface area (Å²) in [5.41, 5.74) is -5.68. The van der Waals surface area contributed by atoms with Crippen molar-refractivity contribution < 1.29 is 41.4 Å². The highest BCUT2D eigenvalue weighted by atomic mass is 35.5. The number of benzene rings is 3. The molecule has 0 aliphatic carbocycles. The van der Waals surface area contributed by atoms with Gasteiger partial charge in [0.15, 0.2) is 5.72 Å². The first-order valence-electron chi connectivity index (χ1n) is 12.2. The second-order valence-corrected chi connectivity index (χ2v) is 10.2. The fourth-order valence-corrected chi connectivity index (χ4v) is 5.25. The summed E-state index contributed by atoms with van der Waals surface area (Å²) in [7, 11) is 1.46. The van der Waals surface area contributed by atoms with Gasteiger partial charge in [0.2, 0.25) is 0 Å². The minimum atomic E-state index is -4.96. The molecule has 0 spiro atoms. The van der Waals surface area contributed by atoms with Crippen LogP contribution in [0.25, 0.3) is 0 Å². The molecule has 0 fully saturated rings. The number of aliphatic hydroxyl groups is 1. The first-order chi connectivity index (χ1) is 20.2. The van der Waals surface area contributed by atoms with E-state index < -0.39 is 51.6 Å². The number of halogens is 7. The summed E-state index contributed by atoms with van der Waals surface area (Å²) >= 11 is 12.7. The third-order valence-corrected chi connectivity index (χ3v) is 7.39. The number of nitrogens with one attached hydrogen (secondary N) is 1. The molecule has 0 saturated carbocycles. The predicted molar refractivity (Wildman–Crippen MR) is 146 cm³/mol. The fraction of sp³-hybridized carbons (Fsp3) is 0.138. The van der Waals surface area contributed by atoms with Gasteiger partial charge in [-0.1, -0.05) is 35.3 Å². The van der Waals surface area contributed by atoms with Gasteiger partial charge in [0, 0.05) is 22.7 Å². The summed E-state index contributed by atoms with van der Waals surface area (Å²) in [5, 5.41) is 14.1. The van der Waals surface area contributed by atoms with Crippen molar-refractivity contribution in [2.45, 2.75) is 18.4 Å². The summed E-state index contributed by atoms with van der Waals surface area (Å²) in [6.45, 7) is -0.288. The highest BCUT2D eigenvalue weighted by molar-refractivity contribution is 6.34. The number of pyridine rings is 1. The number of carbonyl (C=O) groups excluding carboxylic acids is 2. The van der Waals surface area contributed by atoms with E-state index in [-0.39, 0.29) is 40.0 Å². The molecule has 0 saturated heterocycles. The van der Waals surface area contributed by atoms with E-state index in [4.69, 9.17) is 27.9 Å². The van der Waals surface area contributed by atoms with E-state index >= 15 is 0 Å². The Morgan fingerprint density at radius 1 is 1.05 bits per heavy atom. The van der Waals surface area contributed by atoms with Crippen molar-refractivity contribution in [3.8, 4) is 5.75 Å². The van der Waals surface area contributed by atoms with E-state index in [0.29, 0.717) is 23.4 Å². The van der Waals surface area contributed by atoms with E-state index in [0.717, 1.165) is 29.3 Å². The number of rotatable bonds is 6. The molecule has 1 unspecified atom stereocenters. The summed E-state index contributed by atoms with van der Waals surface area (Å²) in [5.74, 6) is -3.77. The largest absolute Gasteiger partial charge is 0.497 e. The maximum Gasteiger partial charge on any atom is 0.416 e. The number of hydrogen-bond acceptors (Lipinski definition) is 5. The van der Waals surface area contributed by atoms with Gasteiger partial charge in [-0.05, 0) is 54.1 Å². The second-order valence-electron chi connectivity index (χ2n) is 9.43. The Bertz CT molecular complexity index is 1770. The van der Waals surface area contributed by atoms with Gasteiger partial charge in [0.05, 0.1) is 35.7 Å². The zero-order valence-electron chi connectivity index (χ0n) is 21.8. The lowest BCUT2D eigenvalue weighted by Gasteiger charge is -2.36. The lowest BCUT2D eigenvalue weighted by Crippen LogP contribution is -2.44. The molecule has 2 N–H and O–H groups in total. The average Bonchev–Trinajstić information content (AvgIpc) is 3.18. The number of carbonyl (C=O) groups is 2. The summed E-state index contributed by atoms with van der Waals surface area (Å²) in [4.78, 5) is 31.8. The lowest BCUT2D eigenvalue weighted by atomic mass is 9.92. The lowest BCUT2D eigenvalue weighted by molar-refractivity contribution is -0.137. The van der Waals surface area contributed by atoms with Crippen molar-refractivity contribution in [1.82, 2.24) is 9.88 Å². The smallest absolute Gasteiger partial charge is 0.416 e. The predicted octanol–water partition coefficient (Wildman–Crippen LogP) is 6.80. The first-order valence-corrected chi connectivity index (χ1v) is 13.0. The minimum absolute atomic E-state index is 0.172. The number of aromatic nitrogens is 1. The third-order valence-electron chi connectivity index (χ3n) is 6.77. The Labute approximate surface area is 250 Å². The van der Waals surface area contributed by atoms with Gasteiger partial charge in [0.25, 0.3) is 11.8 Å². The standard InChI is InChI=1S/C29H18Cl2F5N3O4/c1-43-19-5-2-14(3-6-19)13-39-27(41)23-24(28(39,42)20-11-17(32)4-7-21(20)30)22(12-37-25(23)31)38-26(40)15-8-16(29(34,35)36)10-18(33)9-15/h2-12,42H,13H2,1H3,(H,38,40). The molecule has 1 atom stereocenters. The molecule has 7 nitrogen and oxygen atoms in total. The topological polar surface area (TPSA) is 91.8 Å². The molecule has 2 heterocycles. The van der Waals surface area contributed by atoms with Crippen LogP contribution >= 0.6 is 23.2 Å². The Morgan fingerprint density at radius 2 is 1.74 bits per heavy atom. The fourth-order valence-electron chi connectivity index (χ4n) is 4.78. The Morgan fingerprint density at radius 3 is 2.40 bits per heavy atom. The number of anilines is 1. The van der Waals surface area contributed by atoms with Crippen LogP contribution < -0.4 is 10.1 Å². The molecule has 1 aliphatic heterocycles. The number of hydrogen-bond donors (Lipinski definition) is 2. The van der Waals surface area contributed by atoms with Crippen LogP contribution in [0.3, 0.4) is 0 Å². The Hall–Kier alpha value is -4.26. The number of amides is 2. The Balaban J connectivity index is 1.67. The molecule has 1 aliphatic rings. The Kier molecular flexibility index (Phi) is 7.80. The van der Waals surface area contributed by atoms with E-state index in [1.807, 2.05) is 0 Å². The number of fused-ring (bicyclic) bond motifs is 1. The van der Waals surface area contributed by atoms with Crippen LogP contribution in [0.5, 0.6) is 5.75 Å². The van der Waals surface area contributed by atoms with Crippen molar-refractivity contribution in [2.24, 2.45) is 0 Å². The highest BCUT2D eigenvalue weighted by Gasteiger charge is 2.54. The van der Waals surface area contributed by atoms with Crippen molar-refractivity contribution in [1.29, 1.82) is 0 Å². The normalized spacial score (nSPS) is 16.3. The first kappa shape index (κ1) is 30.2. The van der Waals surface area contributed by atoms with Crippen molar-refractivity contribution in [3.63, 3.8) is 0 Å².